The van der Waals surface area contributed by atoms with Crippen molar-refractivity contribution in [2.75, 3.05) is 13.1 Å². The van der Waals surface area contributed by atoms with Crippen molar-refractivity contribution in [3.8, 4) is 0 Å². The molecule has 0 spiro atoms. The number of carboxylic acids is 1. The van der Waals surface area contributed by atoms with Crippen molar-refractivity contribution in [3.05, 3.63) is 0 Å². The topological polar surface area (TPSA) is 171 Å². The summed E-state index contributed by atoms with van der Waals surface area (Å²) in [6.07, 6.45) is 2.27. The van der Waals surface area contributed by atoms with Crippen LogP contribution in [0.1, 0.15) is 46.0 Å². The largest absolute Gasteiger partial charge is 0.480 e. The molecule has 6 N–H and O–H groups in total. The van der Waals surface area contributed by atoms with E-state index in [0.29, 0.717) is 19.4 Å². The molecule has 0 aromatic rings. The van der Waals surface area contributed by atoms with Crippen molar-refractivity contribution in [2.24, 2.45) is 11.7 Å². The standard InChI is InChI=1S/C19H31N5O6/c1-10(2)15(17(27)22-12(19(29)30)9-14(20)25)23-16(26)13-6-4-8-24(13)18(28)11-5-3-7-21-11/h10-13,15,21H,3-9H2,1-2H3,(H2,20,25)(H,22,27)(H,23,26)(H,29,30). The molecular weight excluding hydrogens is 394 g/mol. The van der Waals surface area contributed by atoms with Gasteiger partial charge in [0.1, 0.15) is 18.1 Å². The summed E-state index contributed by atoms with van der Waals surface area (Å²) in [5.74, 6) is -3.89. The van der Waals surface area contributed by atoms with Crippen LogP contribution in [0, 0.1) is 5.92 Å². The molecule has 2 aliphatic heterocycles. The summed E-state index contributed by atoms with van der Waals surface area (Å²) in [6, 6.07) is -3.46. The van der Waals surface area contributed by atoms with Gasteiger partial charge in [-0.25, -0.2) is 4.79 Å². The first kappa shape index (κ1) is 23.6. The first-order valence-corrected chi connectivity index (χ1v) is 10.3. The van der Waals surface area contributed by atoms with Crippen LogP contribution in [0.4, 0.5) is 0 Å². The Kier molecular flexibility index (Phi) is 8.16. The van der Waals surface area contributed by atoms with Crippen molar-refractivity contribution in [2.45, 2.75) is 70.1 Å². The molecule has 2 fully saturated rings. The van der Waals surface area contributed by atoms with Gasteiger partial charge < -0.3 is 31.7 Å². The molecule has 0 aromatic carbocycles. The van der Waals surface area contributed by atoms with Crippen molar-refractivity contribution >= 4 is 29.6 Å². The van der Waals surface area contributed by atoms with E-state index < -0.39 is 48.2 Å². The summed E-state index contributed by atoms with van der Waals surface area (Å²) in [4.78, 5) is 62.1. The summed E-state index contributed by atoms with van der Waals surface area (Å²) in [5, 5.41) is 17.2. The zero-order valence-corrected chi connectivity index (χ0v) is 17.3. The number of aliphatic carboxylic acids is 1. The lowest BCUT2D eigenvalue weighted by molar-refractivity contribution is -0.144. The Balaban J connectivity index is 2.04. The van der Waals surface area contributed by atoms with Gasteiger partial charge in [0.15, 0.2) is 0 Å². The molecule has 4 unspecified atom stereocenters. The Morgan fingerprint density at radius 3 is 2.37 bits per heavy atom. The number of likely N-dealkylation sites (tertiary alicyclic amines) is 1. The molecule has 2 aliphatic rings. The van der Waals surface area contributed by atoms with E-state index in [2.05, 4.69) is 16.0 Å². The molecule has 11 nitrogen and oxygen atoms in total. The van der Waals surface area contributed by atoms with Crippen molar-refractivity contribution < 1.29 is 29.1 Å². The van der Waals surface area contributed by atoms with Crippen LogP contribution in [0.2, 0.25) is 0 Å². The van der Waals surface area contributed by atoms with Crippen molar-refractivity contribution in [1.29, 1.82) is 0 Å². The number of nitrogens with two attached hydrogens (primary N) is 1. The van der Waals surface area contributed by atoms with E-state index in [-0.39, 0.29) is 17.9 Å². The van der Waals surface area contributed by atoms with Gasteiger partial charge >= 0.3 is 5.97 Å². The molecule has 2 saturated heterocycles. The summed E-state index contributed by atoms with van der Waals surface area (Å²) in [7, 11) is 0. The smallest absolute Gasteiger partial charge is 0.326 e. The van der Waals surface area contributed by atoms with Crippen molar-refractivity contribution in [3.63, 3.8) is 0 Å². The fourth-order valence-electron chi connectivity index (χ4n) is 3.85. The monoisotopic (exact) mass is 425 g/mol. The fourth-order valence-corrected chi connectivity index (χ4v) is 3.85. The second kappa shape index (κ2) is 10.4. The minimum Gasteiger partial charge on any atom is -0.480 e. The lowest BCUT2D eigenvalue weighted by atomic mass is 10.0. The Morgan fingerprint density at radius 2 is 1.83 bits per heavy atom. The SMILES string of the molecule is CC(C)C(NC(=O)C1CCCN1C(=O)C1CCCN1)C(=O)NC(CC(N)=O)C(=O)O. The number of carbonyl (C=O) groups is 5. The van der Waals surface area contributed by atoms with Crippen LogP contribution in [-0.4, -0.2) is 76.9 Å². The molecular formula is C19H31N5O6. The van der Waals surface area contributed by atoms with E-state index in [0.717, 1.165) is 19.4 Å². The lowest BCUT2D eigenvalue weighted by Gasteiger charge is -2.29. The molecule has 0 aliphatic carbocycles. The Hall–Kier alpha value is -2.69. The molecule has 4 amide bonds. The van der Waals surface area contributed by atoms with Gasteiger partial charge in [0.25, 0.3) is 0 Å². The molecule has 11 heteroatoms. The van der Waals surface area contributed by atoms with Crippen LogP contribution < -0.4 is 21.7 Å². The maximum Gasteiger partial charge on any atom is 0.326 e. The Morgan fingerprint density at radius 1 is 1.13 bits per heavy atom. The maximum absolute atomic E-state index is 12.9. The number of nitrogens with zero attached hydrogens (tertiary/aromatic N) is 1. The van der Waals surface area contributed by atoms with Gasteiger partial charge in [-0.05, 0) is 38.1 Å². The number of nitrogens with one attached hydrogen (secondary N) is 3. The predicted octanol–water partition coefficient (Wildman–Crippen LogP) is -1.68. The van der Waals surface area contributed by atoms with E-state index in [1.165, 1.54) is 0 Å². The van der Waals surface area contributed by atoms with Crippen LogP contribution in [0.25, 0.3) is 0 Å². The quantitative estimate of drug-likeness (QED) is 0.293. The highest BCUT2D eigenvalue weighted by Crippen LogP contribution is 2.21. The molecule has 0 bridgehead atoms. The van der Waals surface area contributed by atoms with Gasteiger partial charge in [0.2, 0.25) is 23.6 Å². The van der Waals surface area contributed by atoms with Crippen molar-refractivity contribution in [1.82, 2.24) is 20.9 Å². The first-order chi connectivity index (χ1) is 14.1. The second-order valence-corrected chi connectivity index (χ2v) is 8.14. The van der Waals surface area contributed by atoms with Gasteiger partial charge in [-0.1, -0.05) is 13.8 Å². The highest BCUT2D eigenvalue weighted by atomic mass is 16.4. The molecule has 0 aromatic heterocycles. The predicted molar refractivity (Wildman–Crippen MR) is 106 cm³/mol. The van der Waals surface area contributed by atoms with Gasteiger partial charge in [-0.3, -0.25) is 19.2 Å². The van der Waals surface area contributed by atoms with E-state index in [9.17, 15) is 29.1 Å². The molecule has 0 saturated carbocycles. The first-order valence-electron chi connectivity index (χ1n) is 10.3. The highest BCUT2D eigenvalue weighted by Gasteiger charge is 2.39. The number of carbonyl (C=O) groups excluding carboxylic acids is 4. The molecule has 0 radical (unpaired) electrons. The van der Waals surface area contributed by atoms with E-state index >= 15 is 0 Å². The van der Waals surface area contributed by atoms with E-state index in [1.54, 1.807) is 18.7 Å². The average molecular weight is 425 g/mol. The molecule has 2 heterocycles. The van der Waals surface area contributed by atoms with Gasteiger partial charge in [0, 0.05) is 6.54 Å². The highest BCUT2D eigenvalue weighted by molar-refractivity contribution is 5.95. The summed E-state index contributed by atoms with van der Waals surface area (Å²) in [5.41, 5.74) is 5.04. The van der Waals surface area contributed by atoms with Gasteiger partial charge in [-0.2, -0.15) is 0 Å². The minimum atomic E-state index is -1.48. The summed E-state index contributed by atoms with van der Waals surface area (Å²) in [6.45, 7) is 4.66. The number of hydrogen-bond donors (Lipinski definition) is 5. The van der Waals surface area contributed by atoms with E-state index in [1.807, 2.05) is 0 Å². The Bertz CT molecular complexity index is 691. The van der Waals surface area contributed by atoms with Crippen LogP contribution in [-0.2, 0) is 24.0 Å². The molecule has 30 heavy (non-hydrogen) atoms. The third kappa shape index (κ3) is 5.91. The molecule has 2 rings (SSSR count). The van der Waals surface area contributed by atoms with E-state index in [4.69, 9.17) is 5.73 Å². The van der Waals surface area contributed by atoms with Crippen LogP contribution in [0.3, 0.4) is 0 Å². The molecule has 4 atom stereocenters. The second-order valence-electron chi connectivity index (χ2n) is 8.14. The molecule has 168 valence electrons. The normalized spacial score (nSPS) is 23.1. The number of amides is 4. The lowest BCUT2D eigenvalue weighted by Crippen LogP contribution is -2.58. The number of rotatable bonds is 9. The van der Waals surface area contributed by atoms with Gasteiger partial charge in [-0.15, -0.1) is 0 Å². The third-order valence-corrected chi connectivity index (χ3v) is 5.46. The number of hydrogen-bond acceptors (Lipinski definition) is 6. The summed E-state index contributed by atoms with van der Waals surface area (Å²) >= 11 is 0. The fraction of sp³-hybridized carbons (Fsp3) is 0.737. The third-order valence-electron chi connectivity index (χ3n) is 5.46. The van der Waals surface area contributed by atoms with Crippen LogP contribution in [0.5, 0.6) is 0 Å². The summed E-state index contributed by atoms with van der Waals surface area (Å²) < 4.78 is 0. The van der Waals surface area contributed by atoms with Crippen LogP contribution >= 0.6 is 0 Å². The van der Waals surface area contributed by atoms with Crippen LogP contribution in [0.15, 0.2) is 0 Å². The number of primary amides is 1. The number of carboxylic acid groups (broad SMARTS) is 1. The minimum absolute atomic E-state index is 0.108. The Labute approximate surface area is 175 Å². The zero-order chi connectivity index (χ0) is 22.4. The van der Waals surface area contributed by atoms with Gasteiger partial charge in [0.05, 0.1) is 12.5 Å². The maximum atomic E-state index is 12.9. The average Bonchev–Trinajstić information content (AvgIpc) is 3.35. The zero-order valence-electron chi connectivity index (χ0n) is 17.3.